The molecule has 2 heterocycles. The van der Waals surface area contributed by atoms with Crippen LogP contribution in [0.3, 0.4) is 0 Å². The van der Waals surface area contributed by atoms with E-state index >= 15 is 0 Å². The Morgan fingerprint density at radius 2 is 2.50 bits per heavy atom. The summed E-state index contributed by atoms with van der Waals surface area (Å²) in [6, 6.07) is 0.268. The van der Waals surface area contributed by atoms with Crippen LogP contribution in [-0.4, -0.2) is 41.6 Å². The van der Waals surface area contributed by atoms with Gasteiger partial charge in [0.25, 0.3) is 5.91 Å². The van der Waals surface area contributed by atoms with Gasteiger partial charge in [0, 0.05) is 25.0 Å². The van der Waals surface area contributed by atoms with Crippen molar-refractivity contribution in [2.45, 2.75) is 25.0 Å². The zero-order valence-electron chi connectivity index (χ0n) is 9.13. The van der Waals surface area contributed by atoms with E-state index in [1.54, 1.807) is 12.6 Å². The second kappa shape index (κ2) is 3.82. The number of aromatic nitrogens is 1. The Bertz CT molecular complexity index is 393. The Morgan fingerprint density at radius 3 is 3.12 bits per heavy atom. The number of carbonyl (C=O) groups excluding carboxylic acids is 1. The van der Waals surface area contributed by atoms with Gasteiger partial charge < -0.3 is 9.64 Å². The lowest BCUT2D eigenvalue weighted by Crippen LogP contribution is -2.39. The minimum atomic E-state index is 0.0653. The molecule has 1 saturated heterocycles. The molecule has 1 aliphatic carbocycles. The first-order chi connectivity index (χ1) is 7.81. The summed E-state index contributed by atoms with van der Waals surface area (Å²) in [6.45, 7) is 0.833. The zero-order chi connectivity index (χ0) is 11.1. The number of ether oxygens (including phenoxy) is 1. The van der Waals surface area contributed by atoms with Gasteiger partial charge in [0.05, 0.1) is 17.7 Å². The monoisotopic (exact) mass is 238 g/mol. The van der Waals surface area contributed by atoms with Crippen molar-refractivity contribution >= 4 is 17.2 Å². The van der Waals surface area contributed by atoms with E-state index in [-0.39, 0.29) is 18.1 Å². The lowest BCUT2D eigenvalue weighted by atomic mass is 10.1. The molecule has 0 unspecified atom stereocenters. The molecule has 0 radical (unpaired) electrons. The maximum Gasteiger partial charge on any atom is 0.273 e. The molecule has 3 atom stereocenters. The average molecular weight is 238 g/mol. The van der Waals surface area contributed by atoms with Gasteiger partial charge in [-0.15, -0.1) is 11.3 Å². The SMILES string of the molecule is CO[C@@H]1[C@H]2CC[C@H]1N(C(=O)c1cscn1)C2. The van der Waals surface area contributed by atoms with Crippen LogP contribution in [0.1, 0.15) is 23.3 Å². The van der Waals surface area contributed by atoms with Crippen molar-refractivity contribution < 1.29 is 9.53 Å². The van der Waals surface area contributed by atoms with Gasteiger partial charge >= 0.3 is 0 Å². The Hall–Kier alpha value is -0.940. The van der Waals surface area contributed by atoms with E-state index in [4.69, 9.17) is 4.74 Å². The summed E-state index contributed by atoms with van der Waals surface area (Å²) in [5, 5.41) is 1.82. The summed E-state index contributed by atoms with van der Waals surface area (Å²) in [6.07, 6.45) is 2.49. The van der Waals surface area contributed by atoms with Gasteiger partial charge in [-0.3, -0.25) is 4.79 Å². The Labute approximate surface area is 98.2 Å². The van der Waals surface area contributed by atoms with E-state index in [0.29, 0.717) is 11.6 Å². The topological polar surface area (TPSA) is 42.4 Å². The molecule has 1 saturated carbocycles. The Balaban J connectivity index is 1.81. The predicted molar refractivity (Wildman–Crippen MR) is 60.5 cm³/mol. The standard InChI is InChI=1S/C11H14N2O2S/c1-15-10-7-2-3-9(10)13(4-7)11(14)8-5-16-6-12-8/h5-7,9-10H,2-4H2,1H3/t7-,9+,10+/m0/s1. The number of rotatable bonds is 2. The summed E-state index contributed by atoms with van der Waals surface area (Å²) in [7, 11) is 1.74. The van der Waals surface area contributed by atoms with Gasteiger partial charge in [0.2, 0.25) is 0 Å². The molecule has 0 spiro atoms. The fourth-order valence-corrected chi connectivity index (χ4v) is 3.52. The smallest absolute Gasteiger partial charge is 0.273 e. The van der Waals surface area contributed by atoms with Crippen molar-refractivity contribution in [3.8, 4) is 0 Å². The minimum Gasteiger partial charge on any atom is -0.379 e. The quantitative estimate of drug-likeness (QED) is 0.782. The molecule has 2 aliphatic rings. The summed E-state index contributed by atoms with van der Waals surface area (Å²) in [5.74, 6) is 0.591. The lowest BCUT2D eigenvalue weighted by molar-refractivity contribution is 0.0542. The van der Waals surface area contributed by atoms with Gasteiger partial charge in [0.1, 0.15) is 5.69 Å². The Kier molecular flexibility index (Phi) is 2.44. The highest BCUT2D eigenvalue weighted by molar-refractivity contribution is 7.07. The van der Waals surface area contributed by atoms with Gasteiger partial charge in [-0.25, -0.2) is 4.98 Å². The van der Waals surface area contributed by atoms with Crippen molar-refractivity contribution in [3.63, 3.8) is 0 Å². The molecule has 1 aromatic heterocycles. The van der Waals surface area contributed by atoms with E-state index < -0.39 is 0 Å². The second-order valence-electron chi connectivity index (χ2n) is 4.44. The van der Waals surface area contributed by atoms with Gasteiger partial charge in [-0.05, 0) is 12.8 Å². The first kappa shape index (κ1) is 10.2. The molecule has 86 valence electrons. The van der Waals surface area contributed by atoms with E-state index in [1.165, 1.54) is 17.8 Å². The van der Waals surface area contributed by atoms with Crippen LogP contribution in [0.5, 0.6) is 0 Å². The lowest BCUT2D eigenvalue weighted by Gasteiger charge is -2.26. The van der Waals surface area contributed by atoms with Crippen LogP contribution in [0.2, 0.25) is 0 Å². The molecule has 2 fully saturated rings. The maximum absolute atomic E-state index is 12.2. The van der Waals surface area contributed by atoms with E-state index in [0.717, 1.165) is 13.0 Å². The van der Waals surface area contributed by atoms with Gasteiger partial charge in [-0.2, -0.15) is 0 Å². The summed E-state index contributed by atoms with van der Waals surface area (Å²) >= 11 is 1.46. The number of piperidine rings is 1. The van der Waals surface area contributed by atoms with Gasteiger partial charge in [0.15, 0.2) is 0 Å². The predicted octanol–water partition coefficient (Wildman–Crippen LogP) is 1.39. The van der Waals surface area contributed by atoms with Crippen molar-refractivity contribution in [3.05, 3.63) is 16.6 Å². The molecule has 2 bridgehead atoms. The molecule has 1 aliphatic heterocycles. The molecule has 0 N–H and O–H groups in total. The average Bonchev–Trinajstić information content (AvgIpc) is 3.02. The molecule has 16 heavy (non-hydrogen) atoms. The molecule has 4 nitrogen and oxygen atoms in total. The van der Waals surface area contributed by atoms with Crippen LogP contribution < -0.4 is 0 Å². The summed E-state index contributed by atoms with van der Waals surface area (Å²) in [4.78, 5) is 18.2. The minimum absolute atomic E-state index is 0.0653. The zero-order valence-corrected chi connectivity index (χ0v) is 9.94. The highest BCUT2D eigenvalue weighted by Crippen LogP contribution is 2.40. The molecule has 0 aromatic carbocycles. The number of methoxy groups -OCH3 is 1. The van der Waals surface area contributed by atoms with Crippen LogP contribution in [-0.2, 0) is 4.74 Å². The number of nitrogens with zero attached hydrogens (tertiary/aromatic N) is 2. The van der Waals surface area contributed by atoms with E-state index in [1.807, 2.05) is 10.3 Å². The number of amides is 1. The summed E-state index contributed by atoms with van der Waals surface area (Å²) in [5.41, 5.74) is 2.28. The molecular weight excluding hydrogens is 224 g/mol. The largest absolute Gasteiger partial charge is 0.379 e. The Morgan fingerprint density at radius 1 is 1.62 bits per heavy atom. The number of hydrogen-bond donors (Lipinski definition) is 0. The third-order valence-electron chi connectivity index (χ3n) is 3.69. The molecule has 1 amide bonds. The van der Waals surface area contributed by atoms with Gasteiger partial charge in [-0.1, -0.05) is 0 Å². The first-order valence-corrected chi connectivity index (χ1v) is 6.47. The fraction of sp³-hybridized carbons (Fsp3) is 0.636. The fourth-order valence-electron chi connectivity index (χ4n) is 2.99. The van der Waals surface area contributed by atoms with E-state index in [2.05, 4.69) is 4.98 Å². The van der Waals surface area contributed by atoms with Crippen LogP contribution >= 0.6 is 11.3 Å². The number of hydrogen-bond acceptors (Lipinski definition) is 4. The van der Waals surface area contributed by atoms with Crippen molar-refractivity contribution in [1.29, 1.82) is 0 Å². The van der Waals surface area contributed by atoms with Crippen LogP contribution in [0.4, 0.5) is 0 Å². The molecular formula is C11H14N2O2S. The highest BCUT2D eigenvalue weighted by Gasteiger charge is 2.49. The number of carbonyl (C=O) groups is 1. The number of thiazole rings is 1. The van der Waals surface area contributed by atoms with Crippen LogP contribution in [0.25, 0.3) is 0 Å². The van der Waals surface area contributed by atoms with Crippen molar-refractivity contribution in [2.75, 3.05) is 13.7 Å². The first-order valence-electron chi connectivity index (χ1n) is 5.53. The molecule has 1 aromatic rings. The number of fused-ring (bicyclic) bond motifs is 2. The van der Waals surface area contributed by atoms with E-state index in [9.17, 15) is 4.79 Å². The van der Waals surface area contributed by atoms with Crippen LogP contribution in [0, 0.1) is 5.92 Å². The highest BCUT2D eigenvalue weighted by atomic mass is 32.1. The number of likely N-dealkylation sites (tertiary alicyclic amines) is 1. The third-order valence-corrected chi connectivity index (χ3v) is 4.28. The maximum atomic E-state index is 12.2. The second-order valence-corrected chi connectivity index (χ2v) is 5.15. The molecule has 5 heteroatoms. The van der Waals surface area contributed by atoms with Crippen molar-refractivity contribution in [1.82, 2.24) is 9.88 Å². The normalized spacial score (nSPS) is 32.3. The van der Waals surface area contributed by atoms with Crippen LogP contribution in [0.15, 0.2) is 10.9 Å². The summed E-state index contributed by atoms with van der Waals surface area (Å²) < 4.78 is 5.48. The third kappa shape index (κ3) is 1.38. The molecule has 3 rings (SSSR count). The van der Waals surface area contributed by atoms with Crippen molar-refractivity contribution in [2.24, 2.45) is 5.92 Å².